The van der Waals surface area contributed by atoms with Gasteiger partial charge >= 0.3 is 0 Å². The highest BCUT2D eigenvalue weighted by Crippen LogP contribution is 2.36. The van der Waals surface area contributed by atoms with Gasteiger partial charge in [-0.2, -0.15) is 0 Å². The summed E-state index contributed by atoms with van der Waals surface area (Å²) in [6.07, 6.45) is 0.930. The molecule has 2 N–H and O–H groups in total. The standard InChI is InChI=1S/C18H18N2O.ClH/c21-18(20-11-12-9-19-10-12)14-5-6-17-15(8-14)7-13-3-1-2-4-16(13)17;/h1-6,8,12,19H,7,9-11H2,(H,20,21);1H. The first-order valence-corrected chi connectivity index (χ1v) is 7.51. The first kappa shape index (κ1) is 15.1. The quantitative estimate of drug-likeness (QED) is 0.780. The van der Waals surface area contributed by atoms with E-state index in [4.69, 9.17) is 0 Å². The van der Waals surface area contributed by atoms with Crippen LogP contribution in [0, 0.1) is 5.92 Å². The predicted molar refractivity (Wildman–Crippen MR) is 90.6 cm³/mol. The van der Waals surface area contributed by atoms with Crippen molar-refractivity contribution in [1.82, 2.24) is 10.6 Å². The molecule has 1 heterocycles. The zero-order chi connectivity index (χ0) is 14.2. The third-order valence-electron chi connectivity index (χ3n) is 4.47. The van der Waals surface area contributed by atoms with E-state index in [1.165, 1.54) is 22.3 Å². The first-order chi connectivity index (χ1) is 10.3. The molecular weight excluding hydrogens is 296 g/mol. The van der Waals surface area contributed by atoms with Crippen molar-refractivity contribution in [3.8, 4) is 11.1 Å². The van der Waals surface area contributed by atoms with Gasteiger partial charge in [-0.3, -0.25) is 4.79 Å². The third-order valence-corrected chi connectivity index (χ3v) is 4.47. The van der Waals surface area contributed by atoms with Crippen LogP contribution in [-0.2, 0) is 6.42 Å². The number of fused-ring (bicyclic) bond motifs is 3. The van der Waals surface area contributed by atoms with Crippen LogP contribution in [0.4, 0.5) is 0 Å². The Morgan fingerprint density at radius 1 is 1.09 bits per heavy atom. The number of carbonyl (C=O) groups excluding carboxylic acids is 1. The molecule has 0 saturated carbocycles. The number of benzene rings is 2. The molecule has 1 aliphatic heterocycles. The molecule has 0 spiro atoms. The van der Waals surface area contributed by atoms with Crippen LogP contribution >= 0.6 is 12.4 Å². The van der Waals surface area contributed by atoms with Crippen LogP contribution in [-0.4, -0.2) is 25.5 Å². The van der Waals surface area contributed by atoms with Crippen molar-refractivity contribution >= 4 is 18.3 Å². The van der Waals surface area contributed by atoms with Gasteiger partial charge in [-0.15, -0.1) is 12.4 Å². The minimum absolute atomic E-state index is 0. The Bertz CT molecular complexity index is 710. The highest BCUT2D eigenvalue weighted by atomic mass is 35.5. The molecule has 2 aromatic carbocycles. The molecule has 3 nitrogen and oxygen atoms in total. The van der Waals surface area contributed by atoms with Crippen LogP contribution in [0.2, 0.25) is 0 Å². The summed E-state index contributed by atoms with van der Waals surface area (Å²) in [5.74, 6) is 0.633. The molecule has 114 valence electrons. The zero-order valence-corrected chi connectivity index (χ0v) is 13.1. The molecule has 0 unspecified atom stereocenters. The predicted octanol–water partition coefficient (Wildman–Crippen LogP) is 2.63. The van der Waals surface area contributed by atoms with Crippen molar-refractivity contribution < 1.29 is 4.79 Å². The second kappa shape index (κ2) is 6.11. The van der Waals surface area contributed by atoms with E-state index in [0.717, 1.165) is 31.6 Å². The zero-order valence-electron chi connectivity index (χ0n) is 12.3. The van der Waals surface area contributed by atoms with Gasteiger partial charge in [0.2, 0.25) is 0 Å². The van der Waals surface area contributed by atoms with E-state index in [1.54, 1.807) is 0 Å². The summed E-state index contributed by atoms with van der Waals surface area (Å²) < 4.78 is 0. The van der Waals surface area contributed by atoms with Gasteiger partial charge in [-0.1, -0.05) is 30.3 Å². The summed E-state index contributed by atoms with van der Waals surface area (Å²) in [5.41, 5.74) is 5.96. The molecule has 2 aromatic rings. The highest BCUT2D eigenvalue weighted by molar-refractivity contribution is 5.95. The van der Waals surface area contributed by atoms with E-state index in [0.29, 0.717) is 5.92 Å². The molecule has 0 radical (unpaired) electrons. The van der Waals surface area contributed by atoms with Crippen LogP contribution in [0.25, 0.3) is 11.1 Å². The van der Waals surface area contributed by atoms with Crippen molar-refractivity contribution in [3.63, 3.8) is 0 Å². The molecule has 1 fully saturated rings. The molecule has 1 amide bonds. The van der Waals surface area contributed by atoms with Gasteiger partial charge in [0.1, 0.15) is 0 Å². The minimum Gasteiger partial charge on any atom is -0.352 e. The largest absolute Gasteiger partial charge is 0.352 e. The summed E-state index contributed by atoms with van der Waals surface area (Å²) in [6, 6.07) is 14.5. The summed E-state index contributed by atoms with van der Waals surface area (Å²) in [7, 11) is 0. The lowest BCUT2D eigenvalue weighted by atomic mass is 10.0. The molecule has 22 heavy (non-hydrogen) atoms. The average Bonchev–Trinajstić information content (AvgIpc) is 2.83. The topological polar surface area (TPSA) is 41.1 Å². The van der Waals surface area contributed by atoms with E-state index in [9.17, 15) is 4.79 Å². The van der Waals surface area contributed by atoms with E-state index < -0.39 is 0 Å². The van der Waals surface area contributed by atoms with E-state index in [1.807, 2.05) is 12.1 Å². The second-order valence-electron chi connectivity index (χ2n) is 5.94. The fraction of sp³-hybridized carbons (Fsp3) is 0.278. The second-order valence-corrected chi connectivity index (χ2v) is 5.94. The van der Waals surface area contributed by atoms with Crippen molar-refractivity contribution in [3.05, 3.63) is 59.2 Å². The smallest absolute Gasteiger partial charge is 0.251 e. The summed E-state index contributed by atoms with van der Waals surface area (Å²) in [6.45, 7) is 2.79. The van der Waals surface area contributed by atoms with Crippen molar-refractivity contribution in [1.29, 1.82) is 0 Å². The van der Waals surface area contributed by atoms with Crippen LogP contribution in [0.15, 0.2) is 42.5 Å². The number of carbonyl (C=O) groups is 1. The maximum Gasteiger partial charge on any atom is 0.251 e. The number of hydrogen-bond acceptors (Lipinski definition) is 2. The Kier molecular flexibility index (Phi) is 4.19. The number of halogens is 1. The Morgan fingerprint density at radius 3 is 2.64 bits per heavy atom. The molecular formula is C18H19ClN2O. The molecule has 0 bridgehead atoms. The lowest BCUT2D eigenvalue weighted by Crippen LogP contribution is -2.48. The summed E-state index contributed by atoms with van der Waals surface area (Å²) >= 11 is 0. The van der Waals surface area contributed by atoms with E-state index >= 15 is 0 Å². The van der Waals surface area contributed by atoms with Crippen molar-refractivity contribution in [2.24, 2.45) is 5.92 Å². The maximum atomic E-state index is 12.2. The molecule has 0 aromatic heterocycles. The van der Waals surface area contributed by atoms with E-state index in [-0.39, 0.29) is 18.3 Å². The fourth-order valence-corrected chi connectivity index (χ4v) is 3.12. The number of hydrogen-bond donors (Lipinski definition) is 2. The van der Waals surface area contributed by atoms with E-state index in [2.05, 4.69) is 41.0 Å². The van der Waals surface area contributed by atoms with Gasteiger partial charge in [0, 0.05) is 31.1 Å². The fourth-order valence-electron chi connectivity index (χ4n) is 3.12. The van der Waals surface area contributed by atoms with Gasteiger partial charge in [0.15, 0.2) is 0 Å². The summed E-state index contributed by atoms with van der Waals surface area (Å²) in [4.78, 5) is 12.2. The van der Waals surface area contributed by atoms with Gasteiger partial charge in [0.05, 0.1) is 0 Å². The molecule has 0 atom stereocenters. The first-order valence-electron chi connectivity index (χ1n) is 7.51. The Morgan fingerprint density at radius 2 is 1.86 bits per heavy atom. The normalized spacial score (nSPS) is 15.3. The molecule has 4 rings (SSSR count). The Balaban J connectivity index is 0.00000144. The Labute approximate surface area is 136 Å². The van der Waals surface area contributed by atoms with Crippen LogP contribution in [0.3, 0.4) is 0 Å². The number of nitrogens with one attached hydrogen (secondary N) is 2. The molecule has 4 heteroatoms. The average molecular weight is 315 g/mol. The lowest BCUT2D eigenvalue weighted by Gasteiger charge is -2.27. The molecule has 1 saturated heterocycles. The molecule has 2 aliphatic rings. The van der Waals surface area contributed by atoms with Gasteiger partial charge in [0.25, 0.3) is 5.91 Å². The third kappa shape index (κ3) is 2.62. The van der Waals surface area contributed by atoms with Crippen LogP contribution in [0.1, 0.15) is 21.5 Å². The van der Waals surface area contributed by atoms with Gasteiger partial charge in [-0.25, -0.2) is 0 Å². The number of amides is 1. The minimum atomic E-state index is 0. The monoisotopic (exact) mass is 314 g/mol. The van der Waals surface area contributed by atoms with Crippen molar-refractivity contribution in [2.45, 2.75) is 6.42 Å². The number of rotatable bonds is 3. The van der Waals surface area contributed by atoms with Crippen molar-refractivity contribution in [2.75, 3.05) is 19.6 Å². The van der Waals surface area contributed by atoms with Crippen LogP contribution in [0.5, 0.6) is 0 Å². The van der Waals surface area contributed by atoms with Crippen LogP contribution < -0.4 is 10.6 Å². The highest BCUT2D eigenvalue weighted by Gasteiger charge is 2.20. The Hall–Kier alpha value is -1.84. The van der Waals surface area contributed by atoms with Gasteiger partial charge < -0.3 is 10.6 Å². The summed E-state index contributed by atoms with van der Waals surface area (Å²) in [5, 5.41) is 6.25. The van der Waals surface area contributed by atoms with Gasteiger partial charge in [-0.05, 0) is 40.8 Å². The SMILES string of the molecule is Cl.O=C(NCC1CNC1)c1ccc2c(c1)Cc1ccccc1-2. The maximum absolute atomic E-state index is 12.2. The lowest BCUT2D eigenvalue weighted by molar-refractivity contribution is 0.0942. The molecule has 1 aliphatic carbocycles.